The highest BCUT2D eigenvalue weighted by atomic mass is 16.6. The minimum Gasteiger partial charge on any atom is -0.456 e. The van der Waals surface area contributed by atoms with Crippen LogP contribution in [-0.4, -0.2) is 34.9 Å². The predicted octanol–water partition coefficient (Wildman–Crippen LogP) is 1.83. The summed E-state index contributed by atoms with van der Waals surface area (Å²) in [6.45, 7) is 7.58. The van der Waals surface area contributed by atoms with Crippen molar-refractivity contribution in [1.82, 2.24) is 15.5 Å². The number of aromatic amines is 1. The van der Waals surface area contributed by atoms with Gasteiger partial charge in [-0.15, -0.1) is 0 Å². The molecule has 0 spiro atoms. The molecule has 1 aliphatic heterocycles. The van der Waals surface area contributed by atoms with Crippen LogP contribution in [0, 0.1) is 0 Å². The molecule has 1 fully saturated rings. The van der Waals surface area contributed by atoms with E-state index < -0.39 is 5.60 Å². The van der Waals surface area contributed by atoms with Gasteiger partial charge in [0.25, 0.3) is 0 Å². The molecule has 2 rings (SSSR count). The van der Waals surface area contributed by atoms with Gasteiger partial charge in [-0.05, 0) is 46.7 Å². The van der Waals surface area contributed by atoms with E-state index in [1.54, 1.807) is 6.20 Å². The van der Waals surface area contributed by atoms with E-state index in [0.717, 1.165) is 31.6 Å². The zero-order valence-electron chi connectivity index (χ0n) is 11.2. The summed E-state index contributed by atoms with van der Waals surface area (Å²) in [5, 5.41) is 10.3. The van der Waals surface area contributed by atoms with E-state index in [1.807, 2.05) is 20.8 Å². The van der Waals surface area contributed by atoms with Gasteiger partial charge in [-0.25, -0.2) is 4.79 Å². The molecule has 0 radical (unpaired) electrons. The van der Waals surface area contributed by atoms with Gasteiger partial charge >= 0.3 is 5.97 Å². The maximum atomic E-state index is 12.1. The highest BCUT2D eigenvalue weighted by Gasteiger charge is 2.26. The molecule has 0 bridgehead atoms. The Kier molecular flexibility index (Phi) is 3.71. The quantitative estimate of drug-likeness (QED) is 0.787. The Morgan fingerprint density at radius 1 is 1.39 bits per heavy atom. The highest BCUT2D eigenvalue weighted by Crippen LogP contribution is 2.27. The summed E-state index contributed by atoms with van der Waals surface area (Å²) in [5.74, 6) is 0.0843. The lowest BCUT2D eigenvalue weighted by molar-refractivity contribution is 0.00677. The second-order valence-corrected chi connectivity index (χ2v) is 5.72. The molecule has 0 unspecified atom stereocenters. The molecule has 0 saturated carbocycles. The third-order valence-corrected chi connectivity index (χ3v) is 3.04. The van der Waals surface area contributed by atoms with Crippen LogP contribution >= 0.6 is 0 Å². The van der Waals surface area contributed by atoms with Crippen LogP contribution in [0.15, 0.2) is 6.20 Å². The SMILES string of the molecule is CC(C)(C)OC(=O)c1cn[nH]c1C1CCNCC1. The van der Waals surface area contributed by atoms with E-state index in [4.69, 9.17) is 4.74 Å². The van der Waals surface area contributed by atoms with Gasteiger partial charge in [0.05, 0.1) is 11.9 Å². The third kappa shape index (κ3) is 3.10. The number of hydrogen-bond donors (Lipinski definition) is 2. The molecular weight excluding hydrogens is 230 g/mol. The average Bonchev–Trinajstić information content (AvgIpc) is 2.76. The van der Waals surface area contributed by atoms with Crippen LogP contribution < -0.4 is 5.32 Å². The summed E-state index contributed by atoms with van der Waals surface area (Å²) in [7, 11) is 0. The number of carbonyl (C=O) groups excluding carboxylic acids is 1. The largest absolute Gasteiger partial charge is 0.456 e. The highest BCUT2D eigenvalue weighted by molar-refractivity contribution is 5.90. The van der Waals surface area contributed by atoms with Crippen molar-refractivity contribution >= 4 is 5.97 Å². The molecule has 1 aliphatic rings. The number of esters is 1. The van der Waals surface area contributed by atoms with Crippen LogP contribution in [0.5, 0.6) is 0 Å². The number of piperidine rings is 1. The Bertz CT molecular complexity index is 414. The Morgan fingerprint density at radius 2 is 2.06 bits per heavy atom. The van der Waals surface area contributed by atoms with Gasteiger partial charge in [-0.2, -0.15) is 5.10 Å². The Labute approximate surface area is 107 Å². The maximum absolute atomic E-state index is 12.1. The molecule has 1 saturated heterocycles. The minimum absolute atomic E-state index is 0.287. The van der Waals surface area contributed by atoms with E-state index in [-0.39, 0.29) is 5.97 Å². The molecule has 2 N–H and O–H groups in total. The number of H-pyrrole nitrogens is 1. The van der Waals surface area contributed by atoms with Crippen LogP contribution in [-0.2, 0) is 4.74 Å². The second kappa shape index (κ2) is 5.10. The van der Waals surface area contributed by atoms with Crippen LogP contribution in [0.3, 0.4) is 0 Å². The number of carbonyl (C=O) groups is 1. The van der Waals surface area contributed by atoms with Crippen LogP contribution in [0.25, 0.3) is 0 Å². The lowest BCUT2D eigenvalue weighted by Crippen LogP contribution is -2.28. The van der Waals surface area contributed by atoms with Crippen LogP contribution in [0.2, 0.25) is 0 Å². The first-order chi connectivity index (χ1) is 8.47. The lowest BCUT2D eigenvalue weighted by atomic mass is 9.92. The van der Waals surface area contributed by atoms with Crippen LogP contribution in [0.1, 0.15) is 55.6 Å². The number of aromatic nitrogens is 2. The van der Waals surface area contributed by atoms with Crippen LogP contribution in [0.4, 0.5) is 0 Å². The van der Waals surface area contributed by atoms with E-state index >= 15 is 0 Å². The summed E-state index contributed by atoms with van der Waals surface area (Å²) in [5.41, 5.74) is 1.03. The average molecular weight is 251 g/mol. The van der Waals surface area contributed by atoms with Crippen molar-refractivity contribution in [3.8, 4) is 0 Å². The fourth-order valence-corrected chi connectivity index (χ4v) is 2.21. The summed E-state index contributed by atoms with van der Waals surface area (Å²) in [6.07, 6.45) is 3.63. The standard InChI is InChI=1S/C13H21N3O2/c1-13(2,3)18-12(17)10-8-15-16-11(10)9-4-6-14-7-5-9/h8-9,14H,4-7H2,1-3H3,(H,15,16). The Balaban J connectivity index is 2.14. The van der Waals surface area contributed by atoms with Crippen molar-refractivity contribution in [2.24, 2.45) is 0 Å². The van der Waals surface area contributed by atoms with Gasteiger partial charge in [-0.3, -0.25) is 5.10 Å². The Morgan fingerprint density at radius 3 is 2.67 bits per heavy atom. The van der Waals surface area contributed by atoms with E-state index in [2.05, 4.69) is 15.5 Å². The van der Waals surface area contributed by atoms with Crippen molar-refractivity contribution in [2.45, 2.75) is 45.1 Å². The molecule has 1 aromatic heterocycles. The molecule has 18 heavy (non-hydrogen) atoms. The molecule has 1 aromatic rings. The van der Waals surface area contributed by atoms with E-state index in [1.165, 1.54) is 0 Å². The molecule has 5 heteroatoms. The third-order valence-electron chi connectivity index (χ3n) is 3.04. The maximum Gasteiger partial charge on any atom is 0.342 e. The lowest BCUT2D eigenvalue weighted by Gasteiger charge is -2.23. The molecule has 2 heterocycles. The van der Waals surface area contributed by atoms with Crippen molar-refractivity contribution < 1.29 is 9.53 Å². The first-order valence-corrected chi connectivity index (χ1v) is 6.45. The van der Waals surface area contributed by atoms with Crippen molar-refractivity contribution in [2.75, 3.05) is 13.1 Å². The summed E-state index contributed by atoms with van der Waals surface area (Å²) in [6, 6.07) is 0. The molecule has 0 atom stereocenters. The molecular formula is C13H21N3O2. The summed E-state index contributed by atoms with van der Waals surface area (Å²) in [4.78, 5) is 12.1. The molecule has 100 valence electrons. The Hall–Kier alpha value is -1.36. The number of nitrogens with zero attached hydrogens (tertiary/aromatic N) is 1. The van der Waals surface area contributed by atoms with Gasteiger partial charge in [0.1, 0.15) is 11.2 Å². The second-order valence-electron chi connectivity index (χ2n) is 5.72. The normalized spacial score (nSPS) is 17.7. The van der Waals surface area contributed by atoms with Gasteiger partial charge in [-0.1, -0.05) is 0 Å². The fourth-order valence-electron chi connectivity index (χ4n) is 2.21. The number of hydrogen-bond acceptors (Lipinski definition) is 4. The molecule has 0 amide bonds. The topological polar surface area (TPSA) is 67.0 Å². The van der Waals surface area contributed by atoms with Gasteiger partial charge in [0.2, 0.25) is 0 Å². The smallest absolute Gasteiger partial charge is 0.342 e. The zero-order chi connectivity index (χ0) is 13.2. The van der Waals surface area contributed by atoms with Gasteiger partial charge in [0.15, 0.2) is 0 Å². The van der Waals surface area contributed by atoms with Crippen molar-refractivity contribution in [3.05, 3.63) is 17.5 Å². The molecule has 5 nitrogen and oxygen atoms in total. The zero-order valence-corrected chi connectivity index (χ0v) is 11.2. The molecule has 0 aromatic carbocycles. The number of ether oxygens (including phenoxy) is 1. The van der Waals surface area contributed by atoms with Gasteiger partial charge < -0.3 is 10.1 Å². The summed E-state index contributed by atoms with van der Waals surface area (Å²) >= 11 is 0. The van der Waals surface area contributed by atoms with E-state index in [9.17, 15) is 4.79 Å². The first-order valence-electron chi connectivity index (χ1n) is 6.45. The predicted molar refractivity (Wildman–Crippen MR) is 68.6 cm³/mol. The van der Waals surface area contributed by atoms with Gasteiger partial charge in [0, 0.05) is 5.92 Å². The molecule has 0 aliphatic carbocycles. The fraction of sp³-hybridized carbons (Fsp3) is 0.692. The van der Waals surface area contributed by atoms with E-state index in [0.29, 0.717) is 11.5 Å². The number of nitrogens with one attached hydrogen (secondary N) is 2. The van der Waals surface area contributed by atoms with Crippen molar-refractivity contribution in [1.29, 1.82) is 0 Å². The number of rotatable bonds is 2. The van der Waals surface area contributed by atoms with Crippen molar-refractivity contribution in [3.63, 3.8) is 0 Å². The minimum atomic E-state index is -0.472. The first kappa shape index (κ1) is 13.1. The monoisotopic (exact) mass is 251 g/mol. The summed E-state index contributed by atoms with van der Waals surface area (Å²) < 4.78 is 5.40.